The second kappa shape index (κ2) is 6.36. The van der Waals surface area contributed by atoms with Gasteiger partial charge in [0, 0.05) is 31.9 Å². The minimum atomic E-state index is -0.285. The predicted octanol–water partition coefficient (Wildman–Crippen LogP) is 2.32. The maximum Gasteiger partial charge on any atom is 0.274 e. The Morgan fingerprint density at radius 2 is 1.92 bits per heavy atom. The van der Waals surface area contributed by atoms with Crippen LogP contribution in [0.4, 0.5) is 4.39 Å². The van der Waals surface area contributed by atoms with Crippen molar-refractivity contribution in [3.05, 3.63) is 48.0 Å². The average molecular weight is 328 g/mol. The zero-order valence-corrected chi connectivity index (χ0v) is 13.6. The third-order valence-electron chi connectivity index (χ3n) is 5.02. The van der Waals surface area contributed by atoms with Crippen molar-refractivity contribution in [1.29, 1.82) is 0 Å². The molecule has 0 aliphatic carbocycles. The lowest BCUT2D eigenvalue weighted by Gasteiger charge is -2.43. The number of carbonyl (C=O) groups is 1. The Morgan fingerprint density at radius 3 is 2.75 bits per heavy atom. The highest BCUT2D eigenvalue weighted by Gasteiger charge is 2.31. The summed E-state index contributed by atoms with van der Waals surface area (Å²) in [4.78, 5) is 17.2. The Bertz CT molecular complexity index is 727. The second-order valence-corrected chi connectivity index (χ2v) is 6.56. The molecule has 1 aromatic heterocycles. The van der Waals surface area contributed by atoms with Crippen molar-refractivity contribution < 1.29 is 9.18 Å². The molecule has 2 saturated heterocycles. The van der Waals surface area contributed by atoms with Crippen LogP contribution in [0.15, 0.2) is 36.5 Å². The van der Waals surface area contributed by atoms with E-state index in [4.69, 9.17) is 0 Å². The van der Waals surface area contributed by atoms with E-state index in [1.54, 1.807) is 29.1 Å². The standard InChI is InChI=1S/C18H21FN4O/c19-14-4-6-15(7-5-14)23-10-8-17(20-23)18(24)22-12-11-21-9-2-1-3-16(21)13-22/h4-8,10,16H,1-3,9,11-13H2/t16-/m1/s1. The monoisotopic (exact) mass is 328 g/mol. The largest absolute Gasteiger partial charge is 0.334 e. The fraction of sp³-hybridized carbons (Fsp3) is 0.444. The molecule has 24 heavy (non-hydrogen) atoms. The average Bonchev–Trinajstić information content (AvgIpc) is 3.11. The number of hydrogen-bond donors (Lipinski definition) is 0. The third kappa shape index (κ3) is 2.94. The van der Waals surface area contributed by atoms with Gasteiger partial charge < -0.3 is 4.90 Å². The second-order valence-electron chi connectivity index (χ2n) is 6.56. The molecule has 2 fully saturated rings. The maximum atomic E-state index is 13.0. The van der Waals surface area contributed by atoms with Crippen molar-refractivity contribution >= 4 is 5.91 Å². The first-order valence-corrected chi connectivity index (χ1v) is 8.56. The van der Waals surface area contributed by atoms with Crippen molar-refractivity contribution in [2.75, 3.05) is 26.2 Å². The van der Waals surface area contributed by atoms with E-state index >= 15 is 0 Å². The quantitative estimate of drug-likeness (QED) is 0.849. The zero-order chi connectivity index (χ0) is 16.5. The Kier molecular flexibility index (Phi) is 4.06. The number of halogens is 1. The first-order valence-electron chi connectivity index (χ1n) is 8.56. The van der Waals surface area contributed by atoms with Crippen LogP contribution in [0, 0.1) is 5.82 Å². The number of hydrogen-bond acceptors (Lipinski definition) is 3. The number of amides is 1. The topological polar surface area (TPSA) is 41.4 Å². The smallest absolute Gasteiger partial charge is 0.274 e. The minimum absolute atomic E-state index is 0.0129. The zero-order valence-electron chi connectivity index (χ0n) is 13.6. The Balaban J connectivity index is 1.48. The van der Waals surface area contributed by atoms with Gasteiger partial charge in [-0.2, -0.15) is 5.10 Å². The molecule has 4 rings (SSSR count). The Labute approximate surface area is 140 Å². The summed E-state index contributed by atoms with van der Waals surface area (Å²) < 4.78 is 14.6. The molecule has 2 aliphatic rings. The lowest BCUT2D eigenvalue weighted by atomic mass is 9.99. The highest BCUT2D eigenvalue weighted by Crippen LogP contribution is 2.22. The summed E-state index contributed by atoms with van der Waals surface area (Å²) in [5.74, 6) is -0.298. The predicted molar refractivity (Wildman–Crippen MR) is 88.6 cm³/mol. The number of fused-ring (bicyclic) bond motifs is 1. The van der Waals surface area contributed by atoms with E-state index in [2.05, 4.69) is 10.00 Å². The number of rotatable bonds is 2. The van der Waals surface area contributed by atoms with Crippen molar-refractivity contribution in [3.63, 3.8) is 0 Å². The van der Waals surface area contributed by atoms with Crippen LogP contribution in [-0.4, -0.2) is 57.7 Å². The molecule has 126 valence electrons. The van der Waals surface area contributed by atoms with Gasteiger partial charge in [-0.1, -0.05) is 6.42 Å². The van der Waals surface area contributed by atoms with Gasteiger partial charge in [-0.25, -0.2) is 9.07 Å². The summed E-state index contributed by atoms with van der Waals surface area (Å²) >= 11 is 0. The number of carbonyl (C=O) groups excluding carboxylic acids is 1. The van der Waals surface area contributed by atoms with E-state index in [1.165, 1.54) is 31.4 Å². The van der Waals surface area contributed by atoms with Gasteiger partial charge in [0.2, 0.25) is 0 Å². The van der Waals surface area contributed by atoms with Gasteiger partial charge in [0.25, 0.3) is 5.91 Å². The third-order valence-corrected chi connectivity index (χ3v) is 5.02. The molecule has 0 bridgehead atoms. The molecule has 0 N–H and O–H groups in total. The van der Waals surface area contributed by atoms with Crippen LogP contribution in [0.3, 0.4) is 0 Å². The van der Waals surface area contributed by atoms with E-state index in [9.17, 15) is 9.18 Å². The van der Waals surface area contributed by atoms with E-state index in [1.807, 2.05) is 4.90 Å². The molecule has 0 spiro atoms. The van der Waals surface area contributed by atoms with Crippen molar-refractivity contribution in [3.8, 4) is 5.69 Å². The fourth-order valence-electron chi connectivity index (χ4n) is 3.68. The lowest BCUT2D eigenvalue weighted by molar-refractivity contribution is 0.0368. The van der Waals surface area contributed by atoms with Crippen LogP contribution in [0.25, 0.3) is 5.69 Å². The molecule has 3 heterocycles. The van der Waals surface area contributed by atoms with Gasteiger partial charge in [0.05, 0.1) is 5.69 Å². The van der Waals surface area contributed by atoms with E-state index in [0.717, 1.165) is 31.9 Å². The summed E-state index contributed by atoms with van der Waals surface area (Å²) in [6, 6.07) is 8.31. The highest BCUT2D eigenvalue weighted by atomic mass is 19.1. The fourth-order valence-corrected chi connectivity index (χ4v) is 3.68. The van der Waals surface area contributed by atoms with Crippen LogP contribution in [0.2, 0.25) is 0 Å². The first kappa shape index (κ1) is 15.3. The number of piperidine rings is 1. The molecule has 0 saturated carbocycles. The van der Waals surface area contributed by atoms with Crippen LogP contribution in [0.5, 0.6) is 0 Å². The normalized spacial score (nSPS) is 21.5. The molecular weight excluding hydrogens is 307 g/mol. The summed E-state index contributed by atoms with van der Waals surface area (Å²) in [6.45, 7) is 3.67. The lowest BCUT2D eigenvalue weighted by Crippen LogP contribution is -2.56. The summed E-state index contributed by atoms with van der Waals surface area (Å²) in [5, 5.41) is 4.38. The molecule has 1 aromatic carbocycles. The number of nitrogens with zero attached hydrogens (tertiary/aromatic N) is 4. The molecule has 5 nitrogen and oxygen atoms in total. The number of piperazine rings is 1. The number of benzene rings is 1. The number of aromatic nitrogens is 2. The van der Waals surface area contributed by atoms with E-state index in [-0.39, 0.29) is 11.7 Å². The van der Waals surface area contributed by atoms with Crippen LogP contribution in [-0.2, 0) is 0 Å². The maximum absolute atomic E-state index is 13.0. The molecule has 2 aliphatic heterocycles. The van der Waals surface area contributed by atoms with Gasteiger partial charge in [-0.3, -0.25) is 9.69 Å². The molecule has 1 atom stereocenters. The Morgan fingerprint density at radius 1 is 1.08 bits per heavy atom. The summed E-state index contributed by atoms with van der Waals surface area (Å²) in [6.07, 6.45) is 5.44. The molecule has 1 amide bonds. The molecule has 6 heteroatoms. The van der Waals surface area contributed by atoms with Gasteiger partial charge in [0.1, 0.15) is 5.82 Å². The summed E-state index contributed by atoms with van der Waals surface area (Å²) in [5.41, 5.74) is 1.19. The highest BCUT2D eigenvalue weighted by molar-refractivity contribution is 5.92. The Hall–Kier alpha value is -2.21. The van der Waals surface area contributed by atoms with Crippen molar-refractivity contribution in [2.24, 2.45) is 0 Å². The van der Waals surface area contributed by atoms with Crippen molar-refractivity contribution in [2.45, 2.75) is 25.3 Å². The van der Waals surface area contributed by atoms with Crippen LogP contribution in [0.1, 0.15) is 29.8 Å². The SMILES string of the molecule is O=C(c1ccn(-c2ccc(F)cc2)n1)N1CCN2CCCC[C@@H]2C1. The van der Waals surface area contributed by atoms with E-state index < -0.39 is 0 Å². The van der Waals surface area contributed by atoms with Gasteiger partial charge in [-0.05, 0) is 49.7 Å². The van der Waals surface area contributed by atoms with Gasteiger partial charge in [0.15, 0.2) is 5.69 Å². The van der Waals surface area contributed by atoms with Crippen molar-refractivity contribution in [1.82, 2.24) is 19.6 Å². The van der Waals surface area contributed by atoms with Gasteiger partial charge >= 0.3 is 0 Å². The summed E-state index contributed by atoms with van der Waals surface area (Å²) in [7, 11) is 0. The van der Waals surface area contributed by atoms with Crippen LogP contribution >= 0.6 is 0 Å². The minimum Gasteiger partial charge on any atom is -0.334 e. The van der Waals surface area contributed by atoms with Crippen LogP contribution < -0.4 is 0 Å². The first-order chi connectivity index (χ1) is 11.7. The molecule has 0 unspecified atom stereocenters. The molecule has 2 aromatic rings. The molecular formula is C18H21FN4O. The van der Waals surface area contributed by atoms with Gasteiger partial charge in [-0.15, -0.1) is 0 Å². The molecule has 0 radical (unpaired) electrons. The van der Waals surface area contributed by atoms with E-state index in [0.29, 0.717) is 11.7 Å².